The van der Waals surface area contributed by atoms with Crippen molar-refractivity contribution in [2.75, 3.05) is 26.3 Å². The maximum atomic E-state index is 12.8. The summed E-state index contributed by atoms with van der Waals surface area (Å²) in [6.45, 7) is 2.45. The minimum atomic E-state index is -1.02. The lowest BCUT2D eigenvalue weighted by molar-refractivity contribution is -0.384. The molecule has 0 aliphatic carbocycles. The van der Waals surface area contributed by atoms with Crippen molar-refractivity contribution in [1.82, 2.24) is 10.2 Å². The second kappa shape index (κ2) is 7.55. The Bertz CT molecular complexity index is 827. The number of non-ortho nitro benzene ring substituents is 1. The summed E-state index contributed by atoms with van der Waals surface area (Å²) in [6.07, 6.45) is 0.338. The highest BCUT2D eigenvalue weighted by atomic mass is 16.6. The third kappa shape index (κ3) is 3.55. The summed E-state index contributed by atoms with van der Waals surface area (Å²) >= 11 is 0. The van der Waals surface area contributed by atoms with Gasteiger partial charge in [-0.05, 0) is 19.4 Å². The van der Waals surface area contributed by atoms with E-state index in [2.05, 4.69) is 5.32 Å². The second-order valence-corrected chi connectivity index (χ2v) is 7.20. The Morgan fingerprint density at radius 3 is 2.82 bits per heavy atom. The zero-order chi connectivity index (χ0) is 20.5. The number of hydrogen-bond acceptors (Lipinski definition) is 6. The monoisotopic (exact) mass is 391 g/mol. The summed E-state index contributed by atoms with van der Waals surface area (Å²) in [4.78, 5) is 48.6. The van der Waals surface area contributed by atoms with Gasteiger partial charge in [-0.3, -0.25) is 24.5 Å². The van der Waals surface area contributed by atoms with Crippen LogP contribution in [0.3, 0.4) is 0 Å². The number of nitro benzene ring substituents is 1. The van der Waals surface area contributed by atoms with Crippen molar-refractivity contribution in [2.24, 2.45) is 11.3 Å². The van der Waals surface area contributed by atoms with Crippen molar-refractivity contribution in [1.29, 1.82) is 0 Å². The maximum Gasteiger partial charge on any atom is 0.311 e. The molecule has 2 aliphatic heterocycles. The molecule has 0 saturated carbocycles. The molecule has 3 atom stereocenters. The smallest absolute Gasteiger partial charge is 0.311 e. The topological polar surface area (TPSA) is 139 Å². The van der Waals surface area contributed by atoms with Crippen LogP contribution in [0.25, 0.3) is 0 Å². The predicted octanol–water partition coefficient (Wildman–Crippen LogP) is 0.663. The highest BCUT2D eigenvalue weighted by Gasteiger charge is 2.55. The van der Waals surface area contributed by atoms with E-state index in [-0.39, 0.29) is 36.9 Å². The van der Waals surface area contributed by atoms with E-state index in [4.69, 9.17) is 4.74 Å². The highest BCUT2D eigenvalue weighted by molar-refractivity contribution is 5.98. The van der Waals surface area contributed by atoms with Crippen molar-refractivity contribution >= 4 is 23.5 Å². The zero-order valence-corrected chi connectivity index (χ0v) is 15.3. The van der Waals surface area contributed by atoms with Gasteiger partial charge in [0, 0.05) is 43.3 Å². The number of nitro groups is 1. The van der Waals surface area contributed by atoms with Crippen LogP contribution < -0.4 is 5.32 Å². The fourth-order valence-electron chi connectivity index (χ4n) is 3.84. The molecule has 1 aromatic rings. The Morgan fingerprint density at radius 1 is 1.43 bits per heavy atom. The molecule has 3 rings (SSSR count). The molecule has 28 heavy (non-hydrogen) atoms. The molecule has 2 saturated heterocycles. The van der Waals surface area contributed by atoms with E-state index in [0.717, 1.165) is 6.07 Å². The van der Waals surface area contributed by atoms with E-state index in [9.17, 15) is 29.6 Å². The number of carboxylic acid groups (broad SMARTS) is 1. The van der Waals surface area contributed by atoms with Gasteiger partial charge in [0.15, 0.2) is 0 Å². The average molecular weight is 391 g/mol. The maximum absolute atomic E-state index is 12.8. The van der Waals surface area contributed by atoms with E-state index < -0.39 is 34.2 Å². The Labute approximate surface area is 160 Å². The molecule has 10 nitrogen and oxygen atoms in total. The first-order valence-electron chi connectivity index (χ1n) is 8.90. The van der Waals surface area contributed by atoms with E-state index in [0.29, 0.717) is 13.0 Å². The molecule has 1 aromatic carbocycles. The van der Waals surface area contributed by atoms with Crippen molar-refractivity contribution in [3.8, 4) is 0 Å². The third-order valence-corrected chi connectivity index (χ3v) is 5.48. The predicted molar refractivity (Wildman–Crippen MR) is 95.6 cm³/mol. The molecule has 2 fully saturated rings. The second-order valence-electron chi connectivity index (χ2n) is 7.20. The molecule has 2 N–H and O–H groups in total. The standard InChI is InChI=1S/C18H21N3O7/c1-11(19-15(22)12-3-2-4-14(7-12)21(26)27)16(23)20-8-13-9-28-6-5-18(13,10-20)17(24)25/h2-4,7,11,13H,5-6,8-10H2,1H3,(H,19,22)(H,24,25)/t11?,13-,18+/m0/s1. The first-order valence-corrected chi connectivity index (χ1v) is 8.90. The van der Waals surface area contributed by atoms with Gasteiger partial charge in [-0.15, -0.1) is 0 Å². The molecule has 0 aromatic heterocycles. The molecule has 150 valence electrons. The SMILES string of the molecule is CC(NC(=O)c1cccc([N+](=O)[O-])c1)C(=O)N1C[C@H]2COCC[C@@]2(C(=O)O)C1. The number of carboxylic acids is 1. The van der Waals surface area contributed by atoms with Crippen LogP contribution in [0.5, 0.6) is 0 Å². The van der Waals surface area contributed by atoms with Gasteiger partial charge in [0.1, 0.15) is 6.04 Å². The number of carbonyl (C=O) groups excluding carboxylic acids is 2. The molecule has 0 radical (unpaired) electrons. The molecule has 2 amide bonds. The normalized spacial score (nSPS) is 24.9. The van der Waals surface area contributed by atoms with Crippen molar-refractivity contribution in [2.45, 2.75) is 19.4 Å². The van der Waals surface area contributed by atoms with E-state index in [1.54, 1.807) is 0 Å². The Balaban J connectivity index is 1.68. The molecule has 2 heterocycles. The van der Waals surface area contributed by atoms with Crippen molar-refractivity contribution in [3.63, 3.8) is 0 Å². The molecular formula is C18H21N3O7. The number of amides is 2. The average Bonchev–Trinajstić information content (AvgIpc) is 3.08. The molecule has 0 spiro atoms. The largest absolute Gasteiger partial charge is 0.481 e. The van der Waals surface area contributed by atoms with Crippen molar-refractivity contribution in [3.05, 3.63) is 39.9 Å². The lowest BCUT2D eigenvalue weighted by Gasteiger charge is -2.33. The van der Waals surface area contributed by atoms with Gasteiger partial charge in [0.25, 0.3) is 11.6 Å². The van der Waals surface area contributed by atoms with Crippen LogP contribution in [-0.4, -0.2) is 65.1 Å². The number of nitrogens with zero attached hydrogens (tertiary/aromatic N) is 2. The molecule has 10 heteroatoms. The summed E-state index contributed by atoms with van der Waals surface area (Å²) in [7, 11) is 0. The Morgan fingerprint density at radius 2 is 2.18 bits per heavy atom. The summed E-state index contributed by atoms with van der Waals surface area (Å²) in [5.41, 5.74) is -1.17. The number of carbonyl (C=O) groups is 3. The third-order valence-electron chi connectivity index (χ3n) is 5.48. The lowest BCUT2D eigenvalue weighted by Crippen LogP contribution is -2.48. The number of nitrogens with one attached hydrogen (secondary N) is 1. The summed E-state index contributed by atoms with van der Waals surface area (Å²) in [5, 5.41) is 23.1. The quantitative estimate of drug-likeness (QED) is 0.555. The summed E-state index contributed by atoms with van der Waals surface area (Å²) in [6, 6.07) is 4.30. The molecular weight excluding hydrogens is 370 g/mol. The van der Waals surface area contributed by atoms with Gasteiger partial charge in [-0.25, -0.2) is 0 Å². The number of likely N-dealkylation sites (tertiary alicyclic amines) is 1. The Hall–Kier alpha value is -3.01. The van der Waals surface area contributed by atoms with Gasteiger partial charge in [0.2, 0.25) is 5.91 Å². The number of ether oxygens (including phenoxy) is 1. The molecule has 1 unspecified atom stereocenters. The molecule has 0 bridgehead atoms. The minimum Gasteiger partial charge on any atom is -0.481 e. The lowest BCUT2D eigenvalue weighted by atomic mass is 9.74. The number of fused-ring (bicyclic) bond motifs is 1. The number of benzene rings is 1. The van der Waals surface area contributed by atoms with Crippen molar-refractivity contribution < 1.29 is 29.2 Å². The van der Waals surface area contributed by atoms with Gasteiger partial charge < -0.3 is 20.1 Å². The van der Waals surface area contributed by atoms with Crippen LogP contribution in [0.4, 0.5) is 5.69 Å². The van der Waals surface area contributed by atoms with Crippen LogP contribution in [0.1, 0.15) is 23.7 Å². The van der Waals surface area contributed by atoms with Crippen LogP contribution in [-0.2, 0) is 14.3 Å². The first kappa shape index (κ1) is 19.7. The van der Waals surface area contributed by atoms with Crippen LogP contribution >= 0.6 is 0 Å². The number of hydrogen-bond donors (Lipinski definition) is 2. The van der Waals surface area contributed by atoms with Crippen LogP contribution in [0.15, 0.2) is 24.3 Å². The molecule has 2 aliphatic rings. The summed E-state index contributed by atoms with van der Waals surface area (Å²) < 4.78 is 5.37. The fraction of sp³-hybridized carbons (Fsp3) is 0.500. The van der Waals surface area contributed by atoms with E-state index in [1.807, 2.05) is 0 Å². The van der Waals surface area contributed by atoms with Crippen LogP contribution in [0.2, 0.25) is 0 Å². The van der Waals surface area contributed by atoms with Gasteiger partial charge in [-0.1, -0.05) is 6.07 Å². The van der Waals surface area contributed by atoms with E-state index >= 15 is 0 Å². The first-order chi connectivity index (χ1) is 13.2. The number of rotatable bonds is 5. The summed E-state index contributed by atoms with van der Waals surface area (Å²) in [5.74, 6) is -2.24. The minimum absolute atomic E-state index is 0.0688. The zero-order valence-electron chi connectivity index (χ0n) is 15.3. The fourth-order valence-corrected chi connectivity index (χ4v) is 3.84. The van der Waals surface area contributed by atoms with E-state index in [1.165, 1.54) is 30.0 Å². The van der Waals surface area contributed by atoms with Gasteiger partial charge in [0.05, 0.1) is 16.9 Å². The van der Waals surface area contributed by atoms with Gasteiger partial charge in [-0.2, -0.15) is 0 Å². The van der Waals surface area contributed by atoms with Gasteiger partial charge >= 0.3 is 5.97 Å². The number of aliphatic carboxylic acids is 1. The van der Waals surface area contributed by atoms with Crippen LogP contribution in [0, 0.1) is 21.4 Å². The Kier molecular flexibility index (Phi) is 5.32. The highest BCUT2D eigenvalue weighted by Crippen LogP contribution is 2.42.